The Kier molecular flexibility index (Phi) is 3.99. The fourth-order valence-electron chi connectivity index (χ4n) is 1.84. The van der Waals surface area contributed by atoms with E-state index in [1.807, 2.05) is 35.7 Å². The molecule has 0 bridgehead atoms. The van der Waals surface area contributed by atoms with Gasteiger partial charge in [0.15, 0.2) is 0 Å². The monoisotopic (exact) mass is 262 g/mol. The summed E-state index contributed by atoms with van der Waals surface area (Å²) < 4.78 is 5.13. The van der Waals surface area contributed by atoms with Crippen LogP contribution < -0.4 is 4.74 Å². The molecule has 0 saturated heterocycles. The van der Waals surface area contributed by atoms with E-state index in [0.717, 1.165) is 10.4 Å². The van der Waals surface area contributed by atoms with E-state index in [0.29, 0.717) is 12.2 Å². The van der Waals surface area contributed by atoms with Crippen LogP contribution in [-0.4, -0.2) is 18.2 Å². The van der Waals surface area contributed by atoms with Gasteiger partial charge >= 0.3 is 5.97 Å². The predicted octanol–water partition coefficient (Wildman–Crippen LogP) is 3.17. The van der Waals surface area contributed by atoms with Crippen LogP contribution in [-0.2, 0) is 11.2 Å². The van der Waals surface area contributed by atoms with Gasteiger partial charge in [0.2, 0.25) is 0 Å². The number of carboxylic acid groups (broad SMARTS) is 1. The van der Waals surface area contributed by atoms with E-state index in [1.165, 1.54) is 0 Å². The molecule has 1 aromatic heterocycles. The molecule has 0 radical (unpaired) electrons. The second-order valence-corrected chi connectivity index (χ2v) is 4.98. The molecule has 1 aromatic carbocycles. The summed E-state index contributed by atoms with van der Waals surface area (Å²) in [6, 6.07) is 11.1. The first kappa shape index (κ1) is 12.6. The fourth-order valence-corrected chi connectivity index (χ4v) is 2.59. The first-order valence-corrected chi connectivity index (χ1v) is 6.48. The summed E-state index contributed by atoms with van der Waals surface area (Å²) in [5, 5.41) is 11.3. The van der Waals surface area contributed by atoms with Crippen molar-refractivity contribution < 1.29 is 14.6 Å². The molecule has 0 fully saturated rings. The molecule has 1 heterocycles. The summed E-state index contributed by atoms with van der Waals surface area (Å²) >= 11 is 1.58. The van der Waals surface area contributed by atoms with E-state index < -0.39 is 11.9 Å². The summed E-state index contributed by atoms with van der Waals surface area (Å²) in [7, 11) is 1.58. The Morgan fingerprint density at radius 3 is 2.83 bits per heavy atom. The van der Waals surface area contributed by atoms with Gasteiger partial charge in [-0.1, -0.05) is 18.2 Å². The fraction of sp³-hybridized carbons (Fsp3) is 0.214. The molecule has 2 rings (SSSR count). The second-order valence-electron chi connectivity index (χ2n) is 3.95. The van der Waals surface area contributed by atoms with E-state index in [4.69, 9.17) is 4.74 Å². The van der Waals surface area contributed by atoms with Gasteiger partial charge in [-0.2, -0.15) is 0 Å². The number of carboxylic acids is 1. The van der Waals surface area contributed by atoms with E-state index in [9.17, 15) is 9.90 Å². The second kappa shape index (κ2) is 5.69. The smallest absolute Gasteiger partial charge is 0.311 e. The summed E-state index contributed by atoms with van der Waals surface area (Å²) in [6.45, 7) is 0. The van der Waals surface area contributed by atoms with Crippen LogP contribution in [0.25, 0.3) is 0 Å². The standard InChI is InChI=1S/C14H14O3S/c1-17-11-5-2-4-10(8-11)13(14(15)16)9-12-6-3-7-18-12/h2-8,13H,9H2,1H3,(H,15,16). The zero-order valence-electron chi connectivity index (χ0n) is 10.00. The molecule has 0 aliphatic heterocycles. The number of ether oxygens (including phenoxy) is 1. The van der Waals surface area contributed by atoms with Crippen molar-refractivity contribution in [3.8, 4) is 5.75 Å². The number of methoxy groups -OCH3 is 1. The van der Waals surface area contributed by atoms with Crippen molar-refractivity contribution in [3.05, 3.63) is 52.2 Å². The average Bonchev–Trinajstić information content (AvgIpc) is 2.88. The maximum Gasteiger partial charge on any atom is 0.311 e. The molecule has 2 aromatic rings. The Balaban J connectivity index is 2.26. The molecule has 0 aliphatic rings. The summed E-state index contributed by atoms with van der Waals surface area (Å²) in [6.07, 6.45) is 0.514. The highest BCUT2D eigenvalue weighted by atomic mass is 32.1. The molecule has 1 unspecified atom stereocenters. The van der Waals surface area contributed by atoms with Crippen molar-refractivity contribution in [2.45, 2.75) is 12.3 Å². The molecule has 3 nitrogen and oxygen atoms in total. The number of benzene rings is 1. The lowest BCUT2D eigenvalue weighted by Crippen LogP contribution is -2.14. The highest BCUT2D eigenvalue weighted by molar-refractivity contribution is 7.09. The minimum absolute atomic E-state index is 0.514. The number of rotatable bonds is 5. The highest BCUT2D eigenvalue weighted by Crippen LogP contribution is 2.26. The molecule has 1 atom stereocenters. The summed E-state index contributed by atoms with van der Waals surface area (Å²) in [5.74, 6) is -0.652. The number of aliphatic carboxylic acids is 1. The lowest BCUT2D eigenvalue weighted by molar-refractivity contribution is -0.138. The first-order chi connectivity index (χ1) is 8.70. The van der Waals surface area contributed by atoms with Crippen LogP contribution >= 0.6 is 11.3 Å². The maximum atomic E-state index is 11.4. The van der Waals surface area contributed by atoms with Crippen molar-refractivity contribution in [2.75, 3.05) is 7.11 Å². The lowest BCUT2D eigenvalue weighted by Gasteiger charge is -2.12. The normalized spacial score (nSPS) is 12.1. The van der Waals surface area contributed by atoms with E-state index in [1.54, 1.807) is 24.5 Å². The Morgan fingerprint density at radius 2 is 2.22 bits per heavy atom. The summed E-state index contributed by atoms with van der Waals surface area (Å²) in [5.41, 5.74) is 0.773. The van der Waals surface area contributed by atoms with Gasteiger partial charge in [0, 0.05) is 4.88 Å². The van der Waals surface area contributed by atoms with E-state index in [-0.39, 0.29) is 0 Å². The minimum Gasteiger partial charge on any atom is -0.497 e. The van der Waals surface area contributed by atoms with Crippen LogP contribution in [0.1, 0.15) is 16.4 Å². The van der Waals surface area contributed by atoms with Gasteiger partial charge in [0.25, 0.3) is 0 Å². The zero-order chi connectivity index (χ0) is 13.0. The van der Waals surface area contributed by atoms with Crippen LogP contribution in [0.5, 0.6) is 5.75 Å². The Hall–Kier alpha value is -1.81. The Labute approximate surface area is 110 Å². The molecule has 0 aliphatic carbocycles. The quantitative estimate of drug-likeness (QED) is 0.900. The molecular weight excluding hydrogens is 248 g/mol. The third kappa shape index (κ3) is 2.90. The molecule has 0 spiro atoms. The van der Waals surface area contributed by atoms with E-state index in [2.05, 4.69) is 0 Å². The zero-order valence-corrected chi connectivity index (χ0v) is 10.8. The Morgan fingerprint density at radius 1 is 1.39 bits per heavy atom. The molecule has 18 heavy (non-hydrogen) atoms. The Bertz CT molecular complexity index is 520. The van der Waals surface area contributed by atoms with Crippen LogP contribution in [0.15, 0.2) is 41.8 Å². The predicted molar refractivity (Wildman–Crippen MR) is 71.4 cm³/mol. The third-order valence-corrected chi connectivity index (χ3v) is 3.68. The highest BCUT2D eigenvalue weighted by Gasteiger charge is 2.21. The molecule has 0 amide bonds. The largest absolute Gasteiger partial charge is 0.497 e. The third-order valence-electron chi connectivity index (χ3n) is 2.78. The van der Waals surface area contributed by atoms with Crippen molar-refractivity contribution in [3.63, 3.8) is 0 Å². The van der Waals surface area contributed by atoms with Crippen LogP contribution in [0.4, 0.5) is 0 Å². The average molecular weight is 262 g/mol. The molecule has 4 heteroatoms. The van der Waals surface area contributed by atoms with Gasteiger partial charge in [-0.15, -0.1) is 11.3 Å². The number of carbonyl (C=O) groups is 1. The number of thiophene rings is 1. The molecular formula is C14H14O3S. The van der Waals surface area contributed by atoms with Gasteiger partial charge < -0.3 is 9.84 Å². The maximum absolute atomic E-state index is 11.4. The van der Waals surface area contributed by atoms with Crippen molar-refractivity contribution >= 4 is 17.3 Å². The van der Waals surface area contributed by atoms with Crippen LogP contribution in [0.3, 0.4) is 0 Å². The number of hydrogen-bond donors (Lipinski definition) is 1. The van der Waals surface area contributed by atoms with Gasteiger partial charge in [-0.3, -0.25) is 4.79 Å². The van der Waals surface area contributed by atoms with E-state index >= 15 is 0 Å². The van der Waals surface area contributed by atoms with Crippen LogP contribution in [0, 0.1) is 0 Å². The van der Waals surface area contributed by atoms with Crippen molar-refractivity contribution in [1.82, 2.24) is 0 Å². The summed E-state index contributed by atoms with van der Waals surface area (Å²) in [4.78, 5) is 12.5. The van der Waals surface area contributed by atoms with Gasteiger partial charge in [0.05, 0.1) is 13.0 Å². The van der Waals surface area contributed by atoms with Crippen molar-refractivity contribution in [2.24, 2.45) is 0 Å². The number of hydrogen-bond acceptors (Lipinski definition) is 3. The van der Waals surface area contributed by atoms with Gasteiger partial charge in [-0.25, -0.2) is 0 Å². The topological polar surface area (TPSA) is 46.5 Å². The van der Waals surface area contributed by atoms with Gasteiger partial charge in [-0.05, 0) is 35.6 Å². The van der Waals surface area contributed by atoms with Gasteiger partial charge in [0.1, 0.15) is 5.75 Å². The molecule has 0 saturated carbocycles. The van der Waals surface area contributed by atoms with Crippen molar-refractivity contribution in [1.29, 1.82) is 0 Å². The lowest BCUT2D eigenvalue weighted by atomic mass is 9.95. The minimum atomic E-state index is -0.809. The van der Waals surface area contributed by atoms with Crippen LogP contribution in [0.2, 0.25) is 0 Å². The molecule has 94 valence electrons. The SMILES string of the molecule is COc1cccc(C(Cc2cccs2)C(=O)O)c1. The first-order valence-electron chi connectivity index (χ1n) is 5.60. The molecule has 1 N–H and O–H groups in total.